The van der Waals surface area contributed by atoms with Crippen molar-refractivity contribution in [3.63, 3.8) is 0 Å². The third-order valence-corrected chi connectivity index (χ3v) is 2.14. The molecule has 0 unspecified atom stereocenters. The highest BCUT2D eigenvalue weighted by Crippen LogP contribution is 2.02. The van der Waals surface area contributed by atoms with Gasteiger partial charge in [-0.15, -0.1) is 0 Å². The molecule has 0 heterocycles. The molecule has 0 spiro atoms. The number of amides is 1. The zero-order valence-corrected chi connectivity index (χ0v) is 10.5. The first-order valence-corrected chi connectivity index (χ1v) is 6.01. The van der Waals surface area contributed by atoms with E-state index < -0.39 is 0 Å². The predicted octanol–water partition coefficient (Wildman–Crippen LogP) is 1.88. The predicted molar refractivity (Wildman–Crippen MR) is 62.9 cm³/mol. The summed E-state index contributed by atoms with van der Waals surface area (Å²) >= 11 is 0. The zero-order chi connectivity index (χ0) is 12.4. The van der Waals surface area contributed by atoms with Crippen molar-refractivity contribution in [3.05, 3.63) is 0 Å². The lowest BCUT2D eigenvalue weighted by atomic mass is 10.2. The summed E-state index contributed by atoms with van der Waals surface area (Å²) in [6, 6.07) is 0. The molecule has 0 saturated heterocycles. The van der Waals surface area contributed by atoms with Crippen LogP contribution in [0.25, 0.3) is 0 Å². The molecule has 16 heavy (non-hydrogen) atoms. The van der Waals surface area contributed by atoms with Gasteiger partial charge in [-0.2, -0.15) is 0 Å². The van der Waals surface area contributed by atoms with Gasteiger partial charge in [0.15, 0.2) is 0 Å². The van der Waals surface area contributed by atoms with Gasteiger partial charge in [-0.1, -0.05) is 13.8 Å². The summed E-state index contributed by atoms with van der Waals surface area (Å²) in [5, 5.41) is 2.75. The fraction of sp³-hybridized carbons (Fsp3) is 0.833. The fourth-order valence-electron chi connectivity index (χ4n) is 1.19. The van der Waals surface area contributed by atoms with Crippen LogP contribution in [0.3, 0.4) is 0 Å². The first-order valence-electron chi connectivity index (χ1n) is 6.01. The van der Waals surface area contributed by atoms with Crippen LogP contribution in [-0.2, 0) is 14.3 Å². The van der Waals surface area contributed by atoms with Crippen molar-refractivity contribution in [2.45, 2.75) is 46.5 Å². The Hall–Kier alpha value is -1.06. The summed E-state index contributed by atoms with van der Waals surface area (Å²) in [5.41, 5.74) is 0. The summed E-state index contributed by atoms with van der Waals surface area (Å²) in [5.74, 6) is -0.110. The van der Waals surface area contributed by atoms with E-state index in [1.54, 1.807) is 0 Å². The minimum Gasteiger partial charge on any atom is -0.465 e. The molecule has 0 atom stereocenters. The van der Waals surface area contributed by atoms with Crippen LogP contribution in [0.4, 0.5) is 0 Å². The summed E-state index contributed by atoms with van der Waals surface area (Å²) in [7, 11) is 0. The third kappa shape index (κ3) is 8.26. The van der Waals surface area contributed by atoms with Crippen LogP contribution in [0, 0.1) is 5.92 Å². The molecule has 0 aliphatic heterocycles. The average molecular weight is 229 g/mol. The van der Waals surface area contributed by atoms with E-state index in [1.165, 1.54) is 0 Å². The second kappa shape index (κ2) is 9.19. The Bertz CT molecular complexity index is 214. The van der Waals surface area contributed by atoms with E-state index in [0.717, 1.165) is 19.3 Å². The third-order valence-electron chi connectivity index (χ3n) is 2.14. The minimum absolute atomic E-state index is 0.0599. The monoisotopic (exact) mass is 229 g/mol. The molecule has 0 fully saturated rings. The SMILES string of the molecule is CCNC(=O)CCCCCOC(=O)C(C)C. The van der Waals surface area contributed by atoms with E-state index in [1.807, 2.05) is 20.8 Å². The summed E-state index contributed by atoms with van der Waals surface area (Å²) in [4.78, 5) is 22.2. The molecule has 1 amide bonds. The quantitative estimate of drug-likeness (QED) is 0.510. The Morgan fingerprint density at radius 2 is 1.88 bits per heavy atom. The van der Waals surface area contributed by atoms with Gasteiger partial charge in [0.2, 0.25) is 5.91 Å². The van der Waals surface area contributed by atoms with E-state index in [4.69, 9.17) is 4.74 Å². The largest absolute Gasteiger partial charge is 0.465 e. The first kappa shape index (κ1) is 14.9. The molecule has 0 aliphatic rings. The van der Waals surface area contributed by atoms with Gasteiger partial charge in [-0.05, 0) is 26.2 Å². The highest BCUT2D eigenvalue weighted by atomic mass is 16.5. The van der Waals surface area contributed by atoms with Crippen molar-refractivity contribution in [3.8, 4) is 0 Å². The molecule has 0 radical (unpaired) electrons. The number of nitrogens with one attached hydrogen (secondary N) is 1. The van der Waals surface area contributed by atoms with Gasteiger partial charge in [0, 0.05) is 13.0 Å². The smallest absolute Gasteiger partial charge is 0.308 e. The Morgan fingerprint density at radius 1 is 1.19 bits per heavy atom. The Labute approximate surface area is 97.7 Å². The average Bonchev–Trinajstić information content (AvgIpc) is 2.23. The van der Waals surface area contributed by atoms with Gasteiger partial charge in [0.05, 0.1) is 12.5 Å². The second-order valence-electron chi connectivity index (χ2n) is 4.09. The van der Waals surface area contributed by atoms with Crippen LogP contribution in [-0.4, -0.2) is 25.0 Å². The molecule has 0 aromatic heterocycles. The Kier molecular flexibility index (Phi) is 8.58. The van der Waals surface area contributed by atoms with Crippen LogP contribution in [0.15, 0.2) is 0 Å². The van der Waals surface area contributed by atoms with Crippen molar-refractivity contribution >= 4 is 11.9 Å². The molecule has 94 valence electrons. The highest BCUT2D eigenvalue weighted by Gasteiger charge is 2.07. The number of carbonyl (C=O) groups is 2. The van der Waals surface area contributed by atoms with Crippen LogP contribution in [0.1, 0.15) is 46.5 Å². The number of rotatable bonds is 8. The molecule has 4 heteroatoms. The van der Waals surface area contributed by atoms with Crippen molar-refractivity contribution in [1.82, 2.24) is 5.32 Å². The number of hydrogen-bond donors (Lipinski definition) is 1. The van der Waals surface area contributed by atoms with Crippen LogP contribution in [0.5, 0.6) is 0 Å². The lowest BCUT2D eigenvalue weighted by molar-refractivity contribution is -0.147. The van der Waals surface area contributed by atoms with Gasteiger partial charge in [-0.25, -0.2) is 0 Å². The van der Waals surface area contributed by atoms with Crippen molar-refractivity contribution < 1.29 is 14.3 Å². The molecule has 1 N–H and O–H groups in total. The van der Waals surface area contributed by atoms with E-state index in [-0.39, 0.29) is 17.8 Å². The summed E-state index contributed by atoms with van der Waals surface area (Å²) < 4.78 is 5.02. The van der Waals surface area contributed by atoms with Gasteiger partial charge >= 0.3 is 5.97 Å². The second-order valence-corrected chi connectivity index (χ2v) is 4.09. The number of hydrogen-bond acceptors (Lipinski definition) is 3. The summed E-state index contributed by atoms with van der Waals surface area (Å²) in [6.07, 6.45) is 3.16. The zero-order valence-electron chi connectivity index (χ0n) is 10.5. The Morgan fingerprint density at radius 3 is 2.44 bits per heavy atom. The maximum Gasteiger partial charge on any atom is 0.308 e. The van der Waals surface area contributed by atoms with E-state index in [0.29, 0.717) is 19.6 Å². The summed E-state index contributed by atoms with van der Waals surface area (Å²) in [6.45, 7) is 6.69. The van der Waals surface area contributed by atoms with Crippen LogP contribution >= 0.6 is 0 Å². The highest BCUT2D eigenvalue weighted by molar-refractivity contribution is 5.75. The molecular formula is C12H23NO3. The topological polar surface area (TPSA) is 55.4 Å². The van der Waals surface area contributed by atoms with Gasteiger partial charge in [0.25, 0.3) is 0 Å². The number of unbranched alkanes of at least 4 members (excludes halogenated alkanes) is 2. The van der Waals surface area contributed by atoms with Crippen molar-refractivity contribution in [2.24, 2.45) is 5.92 Å². The molecule has 0 bridgehead atoms. The maximum absolute atomic E-state index is 11.1. The normalized spacial score (nSPS) is 10.2. The number of esters is 1. The maximum atomic E-state index is 11.1. The Balaban J connectivity index is 3.28. The fourth-order valence-corrected chi connectivity index (χ4v) is 1.19. The lowest BCUT2D eigenvalue weighted by Gasteiger charge is -2.06. The van der Waals surface area contributed by atoms with Gasteiger partial charge in [-0.3, -0.25) is 9.59 Å². The lowest BCUT2D eigenvalue weighted by Crippen LogP contribution is -2.22. The van der Waals surface area contributed by atoms with Crippen LogP contribution in [0.2, 0.25) is 0 Å². The van der Waals surface area contributed by atoms with Crippen LogP contribution < -0.4 is 5.32 Å². The van der Waals surface area contributed by atoms with E-state index >= 15 is 0 Å². The molecule has 0 saturated carbocycles. The molecule has 0 aromatic carbocycles. The molecule has 0 aliphatic carbocycles. The van der Waals surface area contributed by atoms with E-state index in [9.17, 15) is 9.59 Å². The minimum atomic E-state index is -0.149. The molecule has 0 rings (SSSR count). The van der Waals surface area contributed by atoms with Crippen molar-refractivity contribution in [2.75, 3.05) is 13.2 Å². The number of carbonyl (C=O) groups excluding carboxylic acids is 2. The first-order chi connectivity index (χ1) is 7.57. The molecular weight excluding hydrogens is 206 g/mol. The van der Waals surface area contributed by atoms with Crippen molar-refractivity contribution in [1.29, 1.82) is 0 Å². The standard InChI is InChI=1S/C12H23NO3/c1-4-13-11(14)8-6-5-7-9-16-12(15)10(2)3/h10H,4-9H2,1-3H3,(H,13,14). The van der Waals surface area contributed by atoms with E-state index in [2.05, 4.69) is 5.32 Å². The number of ether oxygens (including phenoxy) is 1. The van der Waals surface area contributed by atoms with Gasteiger partial charge in [0.1, 0.15) is 0 Å². The molecule has 4 nitrogen and oxygen atoms in total. The molecule has 0 aromatic rings. The van der Waals surface area contributed by atoms with Gasteiger partial charge < -0.3 is 10.1 Å².